The highest BCUT2D eigenvalue weighted by Crippen LogP contribution is 2.15. The molecule has 0 aliphatic carbocycles. The minimum Gasteiger partial charge on any atom is -0.383 e. The van der Waals surface area contributed by atoms with Gasteiger partial charge in [0.2, 0.25) is 0 Å². The maximum absolute atomic E-state index is 6.02. The second-order valence-corrected chi connectivity index (χ2v) is 6.52. The smallest absolute Gasteiger partial charge is 0.191 e. The number of methoxy groups -OCH3 is 1. The first kappa shape index (κ1) is 22.5. The molecule has 142 valence electrons. The van der Waals surface area contributed by atoms with Crippen molar-refractivity contribution in [1.82, 2.24) is 15.5 Å². The number of hydrogen-bond acceptors (Lipinski definition) is 3. The van der Waals surface area contributed by atoms with Crippen molar-refractivity contribution in [1.29, 1.82) is 0 Å². The zero-order valence-electron chi connectivity index (χ0n) is 15.1. The topological polar surface area (TPSA) is 48.9 Å². The summed E-state index contributed by atoms with van der Waals surface area (Å²) in [5, 5.41) is 7.60. The summed E-state index contributed by atoms with van der Waals surface area (Å²) in [4.78, 5) is 6.81. The predicted molar refractivity (Wildman–Crippen MR) is 116 cm³/mol. The van der Waals surface area contributed by atoms with Crippen LogP contribution in [0.4, 0.5) is 0 Å². The average molecular weight is 481 g/mol. The van der Waals surface area contributed by atoms with Crippen LogP contribution in [0.5, 0.6) is 0 Å². The SMILES string of the molecule is CN=C(NCCc1cccc(Cl)c1)NCC1CCCN1CCOC.I. The van der Waals surface area contributed by atoms with E-state index >= 15 is 0 Å². The van der Waals surface area contributed by atoms with Crippen LogP contribution in [0.3, 0.4) is 0 Å². The lowest BCUT2D eigenvalue weighted by atomic mass is 10.1. The Kier molecular flexibility index (Phi) is 11.4. The number of hydrogen-bond donors (Lipinski definition) is 2. The molecule has 2 N–H and O–H groups in total. The molecule has 1 saturated heterocycles. The van der Waals surface area contributed by atoms with E-state index in [2.05, 4.69) is 26.6 Å². The van der Waals surface area contributed by atoms with E-state index in [0.717, 1.165) is 50.2 Å². The summed E-state index contributed by atoms with van der Waals surface area (Å²) in [7, 11) is 3.57. The van der Waals surface area contributed by atoms with Gasteiger partial charge in [-0.1, -0.05) is 23.7 Å². The number of nitrogens with one attached hydrogen (secondary N) is 2. The molecule has 2 rings (SSSR count). The van der Waals surface area contributed by atoms with E-state index < -0.39 is 0 Å². The largest absolute Gasteiger partial charge is 0.383 e. The van der Waals surface area contributed by atoms with Gasteiger partial charge in [0.15, 0.2) is 5.96 Å². The van der Waals surface area contributed by atoms with Gasteiger partial charge in [0.25, 0.3) is 0 Å². The molecule has 0 spiro atoms. The third kappa shape index (κ3) is 8.11. The maximum Gasteiger partial charge on any atom is 0.191 e. The number of nitrogens with zero attached hydrogens (tertiary/aromatic N) is 2. The molecule has 1 fully saturated rings. The van der Waals surface area contributed by atoms with Gasteiger partial charge in [0.05, 0.1) is 6.61 Å². The summed E-state index contributed by atoms with van der Waals surface area (Å²) in [6.07, 6.45) is 3.41. The molecule has 1 atom stereocenters. The molecule has 7 heteroatoms. The van der Waals surface area contributed by atoms with Gasteiger partial charge < -0.3 is 15.4 Å². The fourth-order valence-electron chi connectivity index (χ4n) is 3.08. The number of aliphatic imine (C=N–C) groups is 1. The van der Waals surface area contributed by atoms with Gasteiger partial charge in [-0.3, -0.25) is 9.89 Å². The summed E-state index contributed by atoms with van der Waals surface area (Å²) in [6.45, 7) is 4.71. The number of rotatable bonds is 8. The number of benzene rings is 1. The first-order valence-electron chi connectivity index (χ1n) is 8.65. The second-order valence-electron chi connectivity index (χ2n) is 6.08. The predicted octanol–water partition coefficient (Wildman–Crippen LogP) is 2.78. The molecule has 1 aromatic carbocycles. The molecule has 1 aliphatic heterocycles. The van der Waals surface area contributed by atoms with E-state index in [1.54, 1.807) is 7.11 Å². The lowest BCUT2D eigenvalue weighted by molar-refractivity contribution is 0.141. The normalized spacial score (nSPS) is 18.0. The number of ether oxygens (including phenoxy) is 1. The van der Waals surface area contributed by atoms with E-state index in [4.69, 9.17) is 16.3 Å². The molecule has 1 aromatic rings. The van der Waals surface area contributed by atoms with Crippen LogP contribution in [-0.2, 0) is 11.2 Å². The lowest BCUT2D eigenvalue weighted by Crippen LogP contribution is -2.45. The molecule has 5 nitrogen and oxygen atoms in total. The van der Waals surface area contributed by atoms with Crippen LogP contribution in [0, 0.1) is 0 Å². The van der Waals surface area contributed by atoms with Crippen molar-refractivity contribution in [2.45, 2.75) is 25.3 Å². The van der Waals surface area contributed by atoms with Crippen LogP contribution in [0.25, 0.3) is 0 Å². The standard InChI is InChI=1S/C18H29ClN4O.HI/c1-20-18(21-9-8-15-5-3-6-16(19)13-15)22-14-17-7-4-10-23(17)11-12-24-2;/h3,5-6,13,17H,4,7-12,14H2,1-2H3,(H2,20,21,22);1H. The van der Waals surface area contributed by atoms with Gasteiger partial charge in [0, 0.05) is 44.9 Å². The van der Waals surface area contributed by atoms with Crippen LogP contribution in [0.15, 0.2) is 29.3 Å². The molecule has 0 saturated carbocycles. The Hall–Kier alpha value is -0.570. The fraction of sp³-hybridized carbons (Fsp3) is 0.611. The minimum atomic E-state index is 0. The number of halogens is 2. The number of guanidine groups is 1. The van der Waals surface area contributed by atoms with Crippen LogP contribution < -0.4 is 10.6 Å². The molecule has 0 aromatic heterocycles. The molecule has 1 unspecified atom stereocenters. The summed E-state index contributed by atoms with van der Waals surface area (Å²) >= 11 is 6.02. The van der Waals surface area contributed by atoms with Gasteiger partial charge in [-0.25, -0.2) is 0 Å². The van der Waals surface area contributed by atoms with E-state index in [1.807, 2.05) is 25.2 Å². The van der Waals surface area contributed by atoms with E-state index in [0.29, 0.717) is 6.04 Å². The van der Waals surface area contributed by atoms with Crippen molar-refractivity contribution in [3.8, 4) is 0 Å². The summed E-state index contributed by atoms with van der Waals surface area (Å²) < 4.78 is 5.19. The summed E-state index contributed by atoms with van der Waals surface area (Å²) in [6, 6.07) is 8.54. The highest BCUT2D eigenvalue weighted by Gasteiger charge is 2.23. The number of likely N-dealkylation sites (tertiary alicyclic amines) is 1. The fourth-order valence-corrected chi connectivity index (χ4v) is 3.29. The molecule has 0 amide bonds. The highest BCUT2D eigenvalue weighted by molar-refractivity contribution is 14.0. The van der Waals surface area contributed by atoms with Crippen LogP contribution in [0.2, 0.25) is 5.02 Å². The first-order chi connectivity index (χ1) is 11.7. The van der Waals surface area contributed by atoms with Crippen molar-refractivity contribution in [3.63, 3.8) is 0 Å². The Morgan fingerprint density at radius 2 is 2.24 bits per heavy atom. The first-order valence-corrected chi connectivity index (χ1v) is 9.02. The monoisotopic (exact) mass is 480 g/mol. The van der Waals surface area contributed by atoms with Gasteiger partial charge >= 0.3 is 0 Å². The molecule has 25 heavy (non-hydrogen) atoms. The Bertz CT molecular complexity index is 530. The molecule has 1 aliphatic rings. The van der Waals surface area contributed by atoms with Gasteiger partial charge in [-0.15, -0.1) is 24.0 Å². The average Bonchev–Trinajstić information content (AvgIpc) is 3.03. The van der Waals surface area contributed by atoms with Gasteiger partial charge in [-0.2, -0.15) is 0 Å². The quantitative estimate of drug-likeness (QED) is 0.341. The Morgan fingerprint density at radius 3 is 2.96 bits per heavy atom. The lowest BCUT2D eigenvalue weighted by Gasteiger charge is -2.25. The van der Waals surface area contributed by atoms with Crippen molar-refractivity contribution in [3.05, 3.63) is 34.9 Å². The molecule has 0 bridgehead atoms. The Labute approximate surface area is 173 Å². The molecule has 0 radical (unpaired) electrons. The van der Waals surface area contributed by atoms with Crippen molar-refractivity contribution < 1.29 is 4.74 Å². The molecular weight excluding hydrogens is 451 g/mol. The summed E-state index contributed by atoms with van der Waals surface area (Å²) in [5.74, 6) is 0.857. The van der Waals surface area contributed by atoms with Crippen molar-refractivity contribution in [2.24, 2.45) is 4.99 Å². The highest BCUT2D eigenvalue weighted by atomic mass is 127. The third-order valence-electron chi connectivity index (χ3n) is 4.41. The molecule has 1 heterocycles. The van der Waals surface area contributed by atoms with E-state index in [9.17, 15) is 0 Å². The van der Waals surface area contributed by atoms with E-state index in [-0.39, 0.29) is 24.0 Å². The molecular formula is C18H30ClIN4O. The zero-order valence-corrected chi connectivity index (χ0v) is 18.2. The van der Waals surface area contributed by atoms with E-state index in [1.165, 1.54) is 18.4 Å². The Balaban J connectivity index is 0.00000312. The van der Waals surface area contributed by atoms with Crippen LogP contribution in [-0.4, -0.2) is 63.8 Å². The van der Waals surface area contributed by atoms with Crippen LogP contribution >= 0.6 is 35.6 Å². The Morgan fingerprint density at radius 1 is 1.40 bits per heavy atom. The summed E-state index contributed by atoms with van der Waals surface area (Å²) in [5.41, 5.74) is 1.23. The minimum absolute atomic E-state index is 0. The van der Waals surface area contributed by atoms with Crippen LogP contribution in [0.1, 0.15) is 18.4 Å². The maximum atomic E-state index is 6.02. The second kappa shape index (κ2) is 12.7. The van der Waals surface area contributed by atoms with Crippen molar-refractivity contribution in [2.75, 3.05) is 46.9 Å². The van der Waals surface area contributed by atoms with Gasteiger partial charge in [-0.05, 0) is 43.5 Å². The third-order valence-corrected chi connectivity index (χ3v) is 4.64. The van der Waals surface area contributed by atoms with Gasteiger partial charge in [0.1, 0.15) is 0 Å². The van der Waals surface area contributed by atoms with Crippen molar-refractivity contribution >= 4 is 41.5 Å². The zero-order chi connectivity index (χ0) is 17.2.